The highest BCUT2D eigenvalue weighted by Gasteiger charge is 2.04. The highest BCUT2D eigenvalue weighted by Crippen LogP contribution is 2.22. The zero-order valence-corrected chi connectivity index (χ0v) is 15.1. The van der Waals surface area contributed by atoms with Crippen LogP contribution in [0.2, 0.25) is 0 Å². The number of unbranched alkanes of at least 4 members (excludes halogenated alkanes) is 3. The summed E-state index contributed by atoms with van der Waals surface area (Å²) in [7, 11) is 0. The van der Waals surface area contributed by atoms with Crippen molar-refractivity contribution in [3.63, 3.8) is 0 Å². The Labute approximate surface area is 149 Å². The van der Waals surface area contributed by atoms with E-state index in [2.05, 4.69) is 36.2 Å². The zero-order chi connectivity index (χ0) is 17.9. The molecule has 0 saturated carbocycles. The summed E-state index contributed by atoms with van der Waals surface area (Å²) >= 11 is 0. The van der Waals surface area contributed by atoms with E-state index in [-0.39, 0.29) is 5.97 Å². The Balaban J connectivity index is 1.84. The maximum Gasteiger partial charge on any atom is 0.311 e. The summed E-state index contributed by atoms with van der Waals surface area (Å²) in [6.07, 6.45) is 5.76. The molecule has 0 bridgehead atoms. The topological polar surface area (TPSA) is 51.0 Å². The largest absolute Gasteiger partial charge is 0.427 e. The van der Waals surface area contributed by atoms with E-state index in [1.807, 2.05) is 12.1 Å². The molecule has 2 aromatic carbocycles. The van der Waals surface area contributed by atoms with Gasteiger partial charge >= 0.3 is 5.97 Å². The summed E-state index contributed by atoms with van der Waals surface area (Å²) in [5.74, 6) is 0.369. The summed E-state index contributed by atoms with van der Waals surface area (Å²) in [5.41, 5.74) is 2.82. The summed E-state index contributed by atoms with van der Waals surface area (Å²) in [5, 5.41) is 8.42. The molecule has 2 aromatic rings. The molecule has 0 spiro atoms. The van der Waals surface area contributed by atoms with E-state index >= 15 is 0 Å². The molecule has 0 unspecified atom stereocenters. The average molecular weight is 338 g/mol. The fourth-order valence-corrected chi connectivity index (χ4v) is 2.37. The van der Waals surface area contributed by atoms with Crippen LogP contribution in [0.1, 0.15) is 51.5 Å². The summed E-state index contributed by atoms with van der Waals surface area (Å²) in [6, 6.07) is 15.1. The molecule has 0 aliphatic heterocycles. The molecule has 4 heteroatoms. The van der Waals surface area contributed by atoms with Gasteiger partial charge in [0.15, 0.2) is 0 Å². The van der Waals surface area contributed by atoms with Crippen LogP contribution in [0.4, 0.5) is 11.4 Å². The van der Waals surface area contributed by atoms with Gasteiger partial charge in [0, 0.05) is 6.42 Å². The molecule has 0 aliphatic rings. The number of rotatable bonds is 9. The monoisotopic (exact) mass is 338 g/mol. The van der Waals surface area contributed by atoms with Crippen molar-refractivity contribution in [3.05, 3.63) is 54.1 Å². The Morgan fingerprint density at radius 1 is 0.840 bits per heavy atom. The first-order chi connectivity index (χ1) is 12.2. The minimum atomic E-state index is -0.179. The number of aryl methyl sites for hydroxylation is 1. The predicted octanol–water partition coefficient (Wildman–Crippen LogP) is 6.54. The number of esters is 1. The van der Waals surface area contributed by atoms with Gasteiger partial charge in [0.1, 0.15) is 5.75 Å². The van der Waals surface area contributed by atoms with Crippen LogP contribution in [0.15, 0.2) is 58.8 Å². The van der Waals surface area contributed by atoms with E-state index in [9.17, 15) is 4.79 Å². The minimum absolute atomic E-state index is 0.179. The fourth-order valence-electron chi connectivity index (χ4n) is 2.37. The Hall–Kier alpha value is -2.49. The van der Waals surface area contributed by atoms with Gasteiger partial charge in [-0.05, 0) is 54.8 Å². The van der Waals surface area contributed by atoms with Crippen LogP contribution < -0.4 is 4.74 Å². The third kappa shape index (κ3) is 6.87. The van der Waals surface area contributed by atoms with E-state index in [0.717, 1.165) is 43.5 Å². The molecule has 0 N–H and O–H groups in total. The van der Waals surface area contributed by atoms with Crippen molar-refractivity contribution in [1.82, 2.24) is 0 Å². The Bertz CT molecular complexity index is 676. The molecule has 25 heavy (non-hydrogen) atoms. The molecule has 0 atom stereocenters. The number of carbonyl (C=O) groups excluding carboxylic acids is 1. The number of benzene rings is 2. The van der Waals surface area contributed by atoms with E-state index in [1.165, 1.54) is 5.56 Å². The maximum absolute atomic E-state index is 11.8. The van der Waals surface area contributed by atoms with E-state index in [1.54, 1.807) is 24.3 Å². The van der Waals surface area contributed by atoms with Gasteiger partial charge in [0.05, 0.1) is 11.4 Å². The van der Waals surface area contributed by atoms with Gasteiger partial charge < -0.3 is 4.74 Å². The molecule has 0 radical (unpaired) electrons. The maximum atomic E-state index is 11.8. The van der Waals surface area contributed by atoms with Crippen LogP contribution in [0.25, 0.3) is 0 Å². The second-order valence-electron chi connectivity index (χ2n) is 6.00. The summed E-state index contributed by atoms with van der Waals surface area (Å²) in [4.78, 5) is 11.8. The van der Waals surface area contributed by atoms with Crippen molar-refractivity contribution < 1.29 is 9.53 Å². The third-order valence-electron chi connectivity index (χ3n) is 3.93. The molecule has 0 saturated heterocycles. The average Bonchev–Trinajstić information content (AvgIpc) is 2.65. The van der Waals surface area contributed by atoms with Crippen molar-refractivity contribution in [2.75, 3.05) is 0 Å². The van der Waals surface area contributed by atoms with Gasteiger partial charge in [0.2, 0.25) is 0 Å². The smallest absolute Gasteiger partial charge is 0.311 e. The molecular weight excluding hydrogens is 312 g/mol. The van der Waals surface area contributed by atoms with Crippen LogP contribution in [0, 0.1) is 0 Å². The second-order valence-corrected chi connectivity index (χ2v) is 6.00. The van der Waals surface area contributed by atoms with Gasteiger partial charge in [-0.1, -0.05) is 45.2 Å². The molecule has 132 valence electrons. The molecule has 4 nitrogen and oxygen atoms in total. The molecule has 0 aliphatic carbocycles. The zero-order valence-electron chi connectivity index (χ0n) is 15.1. The van der Waals surface area contributed by atoms with E-state index in [0.29, 0.717) is 12.2 Å². The molecular formula is C21H26N2O2. The van der Waals surface area contributed by atoms with Crippen LogP contribution in [0.3, 0.4) is 0 Å². The van der Waals surface area contributed by atoms with Crippen LogP contribution >= 0.6 is 0 Å². The molecule has 0 fully saturated rings. The summed E-state index contributed by atoms with van der Waals surface area (Å²) < 4.78 is 5.33. The number of hydrogen-bond donors (Lipinski definition) is 0. The normalized spacial score (nSPS) is 11.0. The lowest BCUT2D eigenvalue weighted by Gasteiger charge is -2.04. The molecule has 0 heterocycles. The SMILES string of the molecule is CCCCCCC(=O)Oc1ccc(N=Nc2ccc(CC)cc2)cc1. The third-order valence-corrected chi connectivity index (χ3v) is 3.93. The van der Waals surface area contributed by atoms with Crippen LogP contribution in [0.5, 0.6) is 5.75 Å². The summed E-state index contributed by atoms with van der Waals surface area (Å²) in [6.45, 7) is 4.27. The van der Waals surface area contributed by atoms with Gasteiger partial charge in [0.25, 0.3) is 0 Å². The van der Waals surface area contributed by atoms with Gasteiger partial charge in [-0.2, -0.15) is 10.2 Å². The number of azo groups is 1. The highest BCUT2D eigenvalue weighted by molar-refractivity contribution is 5.72. The van der Waals surface area contributed by atoms with Crippen molar-refractivity contribution in [2.45, 2.75) is 52.4 Å². The first kappa shape index (κ1) is 18.8. The predicted molar refractivity (Wildman–Crippen MR) is 101 cm³/mol. The van der Waals surface area contributed by atoms with Crippen molar-refractivity contribution in [2.24, 2.45) is 10.2 Å². The first-order valence-corrected chi connectivity index (χ1v) is 9.02. The lowest BCUT2D eigenvalue weighted by Crippen LogP contribution is -2.07. The fraction of sp³-hybridized carbons (Fsp3) is 0.381. The van der Waals surface area contributed by atoms with Crippen LogP contribution in [-0.2, 0) is 11.2 Å². The van der Waals surface area contributed by atoms with Gasteiger partial charge in [-0.3, -0.25) is 4.79 Å². The standard InChI is InChI=1S/C21H26N2O2/c1-3-5-6-7-8-21(24)25-20-15-13-19(14-16-20)23-22-18-11-9-17(4-2)10-12-18/h9-16H,3-8H2,1-2H3. The van der Waals surface area contributed by atoms with Gasteiger partial charge in [-0.25, -0.2) is 0 Å². The lowest BCUT2D eigenvalue weighted by molar-refractivity contribution is -0.134. The Morgan fingerprint density at radius 3 is 2.00 bits per heavy atom. The number of carbonyl (C=O) groups is 1. The Kier molecular flexibility index (Phi) is 7.83. The van der Waals surface area contributed by atoms with Crippen molar-refractivity contribution in [3.8, 4) is 5.75 Å². The minimum Gasteiger partial charge on any atom is -0.427 e. The molecule has 0 amide bonds. The van der Waals surface area contributed by atoms with Gasteiger partial charge in [-0.15, -0.1) is 0 Å². The molecule has 0 aromatic heterocycles. The van der Waals surface area contributed by atoms with Crippen LogP contribution in [-0.4, -0.2) is 5.97 Å². The second kappa shape index (κ2) is 10.4. The Morgan fingerprint density at radius 2 is 1.44 bits per heavy atom. The lowest BCUT2D eigenvalue weighted by atomic mass is 10.1. The number of hydrogen-bond acceptors (Lipinski definition) is 4. The number of nitrogens with zero attached hydrogens (tertiary/aromatic N) is 2. The van der Waals surface area contributed by atoms with Crippen molar-refractivity contribution in [1.29, 1.82) is 0 Å². The quantitative estimate of drug-likeness (QED) is 0.225. The van der Waals surface area contributed by atoms with E-state index < -0.39 is 0 Å². The first-order valence-electron chi connectivity index (χ1n) is 9.02. The molecule has 2 rings (SSSR count). The highest BCUT2D eigenvalue weighted by atomic mass is 16.5. The van der Waals surface area contributed by atoms with E-state index in [4.69, 9.17) is 4.74 Å². The van der Waals surface area contributed by atoms with Crippen molar-refractivity contribution >= 4 is 17.3 Å². The number of ether oxygens (including phenoxy) is 1.